The maximum atomic E-state index is 11.5. The molecule has 2 rings (SSSR count). The van der Waals surface area contributed by atoms with Gasteiger partial charge in [-0.3, -0.25) is 4.79 Å². The van der Waals surface area contributed by atoms with Gasteiger partial charge < -0.3 is 23.7 Å². The first-order chi connectivity index (χ1) is 9.64. The first kappa shape index (κ1) is 14.6. The monoisotopic (exact) mass is 282 g/mol. The molecule has 0 N–H and O–H groups in total. The SMILES string of the molecule is COC(=O)CC1OC(OC)c2cc(OC)c(OC)cc21. The smallest absolute Gasteiger partial charge is 0.308 e. The van der Waals surface area contributed by atoms with Gasteiger partial charge in [0, 0.05) is 12.7 Å². The van der Waals surface area contributed by atoms with E-state index in [0.29, 0.717) is 11.5 Å². The normalized spacial score (nSPS) is 20.4. The van der Waals surface area contributed by atoms with Crippen LogP contribution in [0, 0.1) is 0 Å². The Morgan fingerprint density at radius 2 is 1.70 bits per heavy atom. The second-order valence-corrected chi connectivity index (χ2v) is 4.31. The number of fused-ring (bicyclic) bond motifs is 1. The number of methoxy groups -OCH3 is 4. The summed E-state index contributed by atoms with van der Waals surface area (Å²) in [6, 6.07) is 3.61. The molecule has 1 aromatic carbocycles. The number of rotatable bonds is 5. The average molecular weight is 282 g/mol. The Bertz CT molecular complexity index is 499. The molecule has 2 unspecified atom stereocenters. The first-order valence-corrected chi connectivity index (χ1v) is 6.15. The van der Waals surface area contributed by atoms with E-state index in [2.05, 4.69) is 4.74 Å². The van der Waals surface area contributed by atoms with Crippen molar-refractivity contribution in [3.8, 4) is 11.5 Å². The summed E-state index contributed by atoms with van der Waals surface area (Å²) in [5.41, 5.74) is 1.68. The lowest BCUT2D eigenvalue weighted by Crippen LogP contribution is -2.08. The largest absolute Gasteiger partial charge is 0.493 e. The third kappa shape index (κ3) is 2.57. The summed E-state index contributed by atoms with van der Waals surface area (Å²) in [7, 11) is 6.02. The van der Waals surface area contributed by atoms with Crippen molar-refractivity contribution in [2.75, 3.05) is 28.4 Å². The fourth-order valence-corrected chi connectivity index (χ4v) is 2.26. The number of hydrogen-bond donors (Lipinski definition) is 0. The average Bonchev–Trinajstić information content (AvgIpc) is 2.82. The predicted molar refractivity (Wildman–Crippen MR) is 69.8 cm³/mol. The van der Waals surface area contributed by atoms with Crippen molar-refractivity contribution in [3.63, 3.8) is 0 Å². The predicted octanol–water partition coefficient (Wildman–Crippen LogP) is 1.98. The molecule has 0 aliphatic carbocycles. The summed E-state index contributed by atoms with van der Waals surface area (Å²) in [6.07, 6.45) is -0.819. The lowest BCUT2D eigenvalue weighted by atomic mass is 10.0. The minimum atomic E-state index is -0.528. The molecule has 1 aliphatic rings. The summed E-state index contributed by atoms with van der Waals surface area (Å²) >= 11 is 0. The van der Waals surface area contributed by atoms with E-state index in [1.165, 1.54) is 7.11 Å². The van der Waals surface area contributed by atoms with Gasteiger partial charge in [-0.05, 0) is 17.7 Å². The van der Waals surface area contributed by atoms with E-state index in [1.807, 2.05) is 0 Å². The molecule has 6 nitrogen and oxygen atoms in total. The number of carbonyl (C=O) groups is 1. The van der Waals surface area contributed by atoms with Crippen molar-refractivity contribution in [1.82, 2.24) is 0 Å². The van der Waals surface area contributed by atoms with Crippen LogP contribution in [-0.2, 0) is 19.0 Å². The topological polar surface area (TPSA) is 63.2 Å². The van der Waals surface area contributed by atoms with Gasteiger partial charge >= 0.3 is 5.97 Å². The molecule has 0 amide bonds. The van der Waals surface area contributed by atoms with Gasteiger partial charge in [-0.1, -0.05) is 0 Å². The Balaban J connectivity index is 2.39. The van der Waals surface area contributed by atoms with Gasteiger partial charge in [0.25, 0.3) is 0 Å². The Kier molecular flexibility index (Phi) is 4.46. The molecular formula is C14H18O6. The van der Waals surface area contributed by atoms with Crippen molar-refractivity contribution < 1.29 is 28.5 Å². The van der Waals surface area contributed by atoms with Crippen LogP contribution in [0.4, 0.5) is 0 Å². The Morgan fingerprint density at radius 3 is 2.20 bits per heavy atom. The first-order valence-electron chi connectivity index (χ1n) is 6.15. The molecule has 0 spiro atoms. The second-order valence-electron chi connectivity index (χ2n) is 4.31. The van der Waals surface area contributed by atoms with Crippen LogP contribution in [-0.4, -0.2) is 34.4 Å². The van der Waals surface area contributed by atoms with Gasteiger partial charge in [-0.25, -0.2) is 0 Å². The third-order valence-corrected chi connectivity index (χ3v) is 3.27. The highest BCUT2D eigenvalue weighted by atomic mass is 16.7. The van der Waals surface area contributed by atoms with Crippen LogP contribution in [0.25, 0.3) is 0 Å². The molecule has 110 valence electrons. The maximum absolute atomic E-state index is 11.5. The van der Waals surface area contributed by atoms with Crippen molar-refractivity contribution >= 4 is 5.97 Å². The van der Waals surface area contributed by atoms with Crippen molar-refractivity contribution in [2.24, 2.45) is 0 Å². The summed E-state index contributed by atoms with van der Waals surface area (Å²) in [6.45, 7) is 0. The van der Waals surface area contributed by atoms with Crippen LogP contribution in [0.2, 0.25) is 0 Å². The van der Waals surface area contributed by atoms with E-state index >= 15 is 0 Å². The molecule has 1 aliphatic heterocycles. The minimum absolute atomic E-state index is 0.124. The number of benzene rings is 1. The molecule has 6 heteroatoms. The molecule has 0 saturated heterocycles. The van der Waals surface area contributed by atoms with Crippen molar-refractivity contribution in [1.29, 1.82) is 0 Å². The second kappa shape index (κ2) is 6.11. The fraction of sp³-hybridized carbons (Fsp3) is 0.500. The highest BCUT2D eigenvalue weighted by molar-refractivity contribution is 5.70. The molecule has 2 atom stereocenters. The quantitative estimate of drug-likeness (QED) is 0.769. The molecule has 0 saturated carbocycles. The zero-order valence-corrected chi connectivity index (χ0v) is 12.0. The minimum Gasteiger partial charge on any atom is -0.493 e. The van der Waals surface area contributed by atoms with E-state index in [-0.39, 0.29) is 12.4 Å². The Hall–Kier alpha value is -1.79. The van der Waals surface area contributed by atoms with E-state index in [4.69, 9.17) is 18.9 Å². The number of ether oxygens (including phenoxy) is 5. The third-order valence-electron chi connectivity index (χ3n) is 3.27. The zero-order chi connectivity index (χ0) is 14.7. The van der Waals surface area contributed by atoms with E-state index in [9.17, 15) is 4.79 Å². The number of hydrogen-bond acceptors (Lipinski definition) is 6. The zero-order valence-electron chi connectivity index (χ0n) is 12.0. The van der Waals surface area contributed by atoms with E-state index < -0.39 is 12.4 Å². The van der Waals surface area contributed by atoms with Gasteiger partial charge in [0.2, 0.25) is 0 Å². The van der Waals surface area contributed by atoms with Gasteiger partial charge in [-0.2, -0.15) is 0 Å². The number of carbonyl (C=O) groups excluding carboxylic acids is 1. The van der Waals surface area contributed by atoms with Gasteiger partial charge in [0.05, 0.1) is 33.9 Å². The Labute approximate surface area is 117 Å². The van der Waals surface area contributed by atoms with Crippen LogP contribution >= 0.6 is 0 Å². The lowest BCUT2D eigenvalue weighted by Gasteiger charge is -2.12. The molecular weight excluding hydrogens is 264 g/mol. The van der Waals surface area contributed by atoms with Crippen LogP contribution in [0.1, 0.15) is 29.9 Å². The highest BCUT2D eigenvalue weighted by Crippen LogP contribution is 2.45. The van der Waals surface area contributed by atoms with Crippen molar-refractivity contribution in [3.05, 3.63) is 23.3 Å². The van der Waals surface area contributed by atoms with Gasteiger partial charge in [-0.15, -0.1) is 0 Å². The van der Waals surface area contributed by atoms with Crippen LogP contribution in [0.3, 0.4) is 0 Å². The van der Waals surface area contributed by atoms with Crippen LogP contribution in [0.5, 0.6) is 11.5 Å². The number of esters is 1. The van der Waals surface area contributed by atoms with Crippen LogP contribution < -0.4 is 9.47 Å². The van der Waals surface area contributed by atoms with Crippen molar-refractivity contribution in [2.45, 2.75) is 18.8 Å². The lowest BCUT2D eigenvalue weighted by molar-refractivity contribution is -0.160. The molecule has 1 heterocycles. The fourth-order valence-electron chi connectivity index (χ4n) is 2.26. The maximum Gasteiger partial charge on any atom is 0.308 e. The molecule has 0 radical (unpaired) electrons. The van der Waals surface area contributed by atoms with Gasteiger partial charge in [0.15, 0.2) is 17.8 Å². The molecule has 20 heavy (non-hydrogen) atoms. The van der Waals surface area contributed by atoms with Crippen LogP contribution in [0.15, 0.2) is 12.1 Å². The van der Waals surface area contributed by atoms with E-state index in [0.717, 1.165) is 11.1 Å². The highest BCUT2D eigenvalue weighted by Gasteiger charge is 2.35. The standard InChI is InChI=1S/C14H18O6/c1-16-11-5-8-9(6-12(11)17-2)14(19-4)20-10(8)7-13(15)18-3/h5-6,10,14H,7H2,1-4H3. The molecule has 1 aromatic rings. The molecule has 0 aromatic heterocycles. The summed E-state index contributed by atoms with van der Waals surface area (Å²) in [4.78, 5) is 11.5. The summed E-state index contributed by atoms with van der Waals surface area (Å²) < 4.78 is 26.2. The van der Waals surface area contributed by atoms with Gasteiger partial charge in [0.1, 0.15) is 0 Å². The Morgan fingerprint density at radius 1 is 1.10 bits per heavy atom. The summed E-state index contributed by atoms with van der Waals surface area (Å²) in [5.74, 6) is 0.838. The summed E-state index contributed by atoms with van der Waals surface area (Å²) in [5, 5.41) is 0. The molecule has 0 fully saturated rings. The van der Waals surface area contributed by atoms with E-state index in [1.54, 1.807) is 33.5 Å². The molecule has 0 bridgehead atoms.